The largest absolute Gasteiger partial charge is 0.396 e. The summed E-state index contributed by atoms with van der Waals surface area (Å²) in [6.07, 6.45) is 4.78. The van der Waals surface area contributed by atoms with Crippen LogP contribution in [-0.4, -0.2) is 42.6 Å². The van der Waals surface area contributed by atoms with Crippen molar-refractivity contribution in [3.05, 3.63) is 30.3 Å². The normalized spacial score (nSPS) is 12.3. The molecule has 1 aromatic carbocycles. The number of aliphatic hydroxyl groups is 2. The monoisotopic (exact) mass is 294 g/mol. The van der Waals surface area contributed by atoms with E-state index in [1.165, 1.54) is 0 Å². The smallest absolute Gasteiger partial charge is 0.0822 e. The highest BCUT2D eigenvalue weighted by Gasteiger charge is 2.12. The molecule has 0 aliphatic rings. The maximum atomic E-state index is 10.4. The molecule has 0 aliphatic carbocycles. The van der Waals surface area contributed by atoms with E-state index in [4.69, 9.17) is 5.11 Å². The fourth-order valence-electron chi connectivity index (χ4n) is 2.41. The van der Waals surface area contributed by atoms with E-state index in [2.05, 4.69) is 4.90 Å². The van der Waals surface area contributed by atoms with Crippen LogP contribution >= 0.6 is 0 Å². The third-order valence-electron chi connectivity index (χ3n) is 3.57. The summed E-state index contributed by atoms with van der Waals surface area (Å²) < 4.78 is 0. The fraction of sp³-hybridized carbons (Fsp3) is 0.647. The SMILES string of the molecule is [O]CCCCCCC(O)CN(CCCO)c1ccccc1. The molecule has 4 heteroatoms. The Balaban J connectivity index is 2.37. The van der Waals surface area contributed by atoms with Gasteiger partial charge in [-0.05, 0) is 31.4 Å². The quantitative estimate of drug-likeness (QED) is 0.582. The molecule has 1 aromatic rings. The lowest BCUT2D eigenvalue weighted by Crippen LogP contribution is -2.33. The van der Waals surface area contributed by atoms with Gasteiger partial charge in [-0.2, -0.15) is 0 Å². The Kier molecular flexibility index (Phi) is 9.87. The molecule has 0 aliphatic heterocycles. The number of nitrogens with zero attached hydrogens (tertiary/aromatic N) is 1. The summed E-state index contributed by atoms with van der Waals surface area (Å²) in [6, 6.07) is 9.99. The molecule has 1 rings (SSSR count). The van der Waals surface area contributed by atoms with Gasteiger partial charge in [-0.1, -0.05) is 37.5 Å². The first-order valence-electron chi connectivity index (χ1n) is 7.95. The van der Waals surface area contributed by atoms with Crippen molar-refractivity contribution in [1.29, 1.82) is 0 Å². The average molecular weight is 294 g/mol. The molecule has 119 valence electrons. The van der Waals surface area contributed by atoms with Crippen LogP contribution in [0.25, 0.3) is 0 Å². The molecular weight excluding hydrogens is 266 g/mol. The summed E-state index contributed by atoms with van der Waals surface area (Å²) >= 11 is 0. The van der Waals surface area contributed by atoms with E-state index in [1.807, 2.05) is 30.3 Å². The summed E-state index contributed by atoms with van der Waals surface area (Å²) in [5, 5.41) is 29.5. The predicted molar refractivity (Wildman–Crippen MR) is 85.0 cm³/mol. The van der Waals surface area contributed by atoms with Gasteiger partial charge in [-0.3, -0.25) is 0 Å². The third-order valence-corrected chi connectivity index (χ3v) is 3.57. The highest BCUT2D eigenvalue weighted by Crippen LogP contribution is 2.15. The number of hydrogen-bond donors (Lipinski definition) is 2. The number of benzene rings is 1. The highest BCUT2D eigenvalue weighted by atomic mass is 16.3. The van der Waals surface area contributed by atoms with Crippen molar-refractivity contribution in [1.82, 2.24) is 0 Å². The average Bonchev–Trinajstić information content (AvgIpc) is 2.52. The second-order valence-electron chi connectivity index (χ2n) is 5.42. The lowest BCUT2D eigenvalue weighted by atomic mass is 10.1. The number of unbranched alkanes of at least 4 members (excludes halogenated alkanes) is 3. The summed E-state index contributed by atoms with van der Waals surface area (Å²) in [6.45, 7) is 1.50. The van der Waals surface area contributed by atoms with Crippen LogP contribution in [0.2, 0.25) is 0 Å². The van der Waals surface area contributed by atoms with Gasteiger partial charge < -0.3 is 15.1 Å². The van der Waals surface area contributed by atoms with Crippen LogP contribution in [0.5, 0.6) is 0 Å². The van der Waals surface area contributed by atoms with Crippen molar-refractivity contribution >= 4 is 5.69 Å². The fourth-order valence-corrected chi connectivity index (χ4v) is 2.41. The first-order chi connectivity index (χ1) is 10.3. The second-order valence-corrected chi connectivity index (χ2v) is 5.42. The second kappa shape index (κ2) is 11.5. The molecule has 0 aromatic heterocycles. The number of anilines is 1. The predicted octanol–water partition coefficient (Wildman–Crippen LogP) is 2.62. The van der Waals surface area contributed by atoms with Crippen molar-refractivity contribution in [2.24, 2.45) is 0 Å². The van der Waals surface area contributed by atoms with Crippen LogP contribution in [0.3, 0.4) is 0 Å². The molecule has 21 heavy (non-hydrogen) atoms. The molecule has 2 N–H and O–H groups in total. The Morgan fingerprint density at radius 2 is 1.71 bits per heavy atom. The van der Waals surface area contributed by atoms with Crippen molar-refractivity contribution in [3.8, 4) is 0 Å². The lowest BCUT2D eigenvalue weighted by Gasteiger charge is -2.27. The van der Waals surface area contributed by atoms with E-state index in [-0.39, 0.29) is 19.3 Å². The van der Waals surface area contributed by atoms with E-state index in [1.54, 1.807) is 0 Å². The van der Waals surface area contributed by atoms with E-state index in [0.717, 1.165) is 44.3 Å². The molecule has 1 atom stereocenters. The van der Waals surface area contributed by atoms with Crippen molar-refractivity contribution in [2.75, 3.05) is 31.2 Å². The Hall–Kier alpha value is -1.10. The summed E-state index contributed by atoms with van der Waals surface area (Å²) in [7, 11) is 0. The molecule has 4 nitrogen and oxygen atoms in total. The van der Waals surface area contributed by atoms with Crippen molar-refractivity contribution in [3.63, 3.8) is 0 Å². The van der Waals surface area contributed by atoms with Crippen LogP contribution in [0.15, 0.2) is 30.3 Å². The number of rotatable bonds is 12. The molecule has 0 spiro atoms. The van der Waals surface area contributed by atoms with Crippen LogP contribution in [0, 0.1) is 0 Å². The van der Waals surface area contributed by atoms with Gasteiger partial charge in [-0.25, -0.2) is 5.11 Å². The Morgan fingerprint density at radius 1 is 1.00 bits per heavy atom. The van der Waals surface area contributed by atoms with E-state index < -0.39 is 0 Å². The number of para-hydroxylation sites is 1. The van der Waals surface area contributed by atoms with Gasteiger partial charge in [0.25, 0.3) is 0 Å². The molecular formula is C17H28NO3. The van der Waals surface area contributed by atoms with Gasteiger partial charge in [0, 0.05) is 25.4 Å². The molecule has 0 saturated carbocycles. The van der Waals surface area contributed by atoms with Crippen LogP contribution < -0.4 is 4.90 Å². The van der Waals surface area contributed by atoms with E-state index in [9.17, 15) is 10.2 Å². The van der Waals surface area contributed by atoms with E-state index >= 15 is 0 Å². The van der Waals surface area contributed by atoms with Crippen LogP contribution in [0.4, 0.5) is 5.69 Å². The Bertz CT molecular complexity index is 345. The number of hydrogen-bond acceptors (Lipinski definition) is 3. The van der Waals surface area contributed by atoms with Gasteiger partial charge in [0.05, 0.1) is 12.7 Å². The van der Waals surface area contributed by atoms with Gasteiger partial charge >= 0.3 is 0 Å². The first kappa shape index (κ1) is 18.0. The lowest BCUT2D eigenvalue weighted by molar-refractivity contribution is 0.162. The minimum atomic E-state index is -0.365. The van der Waals surface area contributed by atoms with Crippen molar-refractivity contribution in [2.45, 2.75) is 44.6 Å². The zero-order chi connectivity index (χ0) is 15.3. The molecule has 0 heterocycles. The number of aliphatic hydroxyl groups excluding tert-OH is 2. The van der Waals surface area contributed by atoms with Crippen LogP contribution in [-0.2, 0) is 5.11 Å². The molecule has 0 fully saturated rings. The van der Waals surface area contributed by atoms with E-state index in [0.29, 0.717) is 13.0 Å². The van der Waals surface area contributed by atoms with Crippen molar-refractivity contribution < 1.29 is 15.3 Å². The van der Waals surface area contributed by atoms with Gasteiger partial charge in [-0.15, -0.1) is 0 Å². The summed E-state index contributed by atoms with van der Waals surface area (Å²) in [4.78, 5) is 2.12. The van der Waals surface area contributed by atoms with Gasteiger partial charge in [0.2, 0.25) is 0 Å². The minimum Gasteiger partial charge on any atom is -0.396 e. The molecule has 1 radical (unpaired) electrons. The first-order valence-corrected chi connectivity index (χ1v) is 7.95. The molecule has 0 amide bonds. The molecule has 1 unspecified atom stereocenters. The standard InChI is InChI=1S/C17H28NO3/c19-13-7-2-1-6-11-17(21)15-18(12-8-14-20)16-9-4-3-5-10-16/h3-5,9-10,17,20-21H,1-2,6-8,11-15H2. The zero-order valence-corrected chi connectivity index (χ0v) is 12.8. The summed E-state index contributed by atoms with van der Waals surface area (Å²) in [5.41, 5.74) is 1.08. The Morgan fingerprint density at radius 3 is 2.38 bits per heavy atom. The van der Waals surface area contributed by atoms with Gasteiger partial charge in [0.1, 0.15) is 0 Å². The highest BCUT2D eigenvalue weighted by molar-refractivity contribution is 5.46. The Labute approximate surface area is 128 Å². The maximum absolute atomic E-state index is 10.4. The molecule has 0 bridgehead atoms. The maximum Gasteiger partial charge on any atom is 0.0822 e. The third kappa shape index (κ3) is 8.05. The van der Waals surface area contributed by atoms with Crippen LogP contribution in [0.1, 0.15) is 38.5 Å². The minimum absolute atomic E-state index is 0.00545. The zero-order valence-electron chi connectivity index (χ0n) is 12.8. The molecule has 0 saturated heterocycles. The van der Waals surface area contributed by atoms with Gasteiger partial charge in [0.15, 0.2) is 0 Å². The topological polar surface area (TPSA) is 63.6 Å². The summed E-state index contributed by atoms with van der Waals surface area (Å²) in [5.74, 6) is 0.